The molecule has 29 heavy (non-hydrogen) atoms. The number of likely N-dealkylation sites (tertiary alicyclic amines) is 1. The van der Waals surface area contributed by atoms with Crippen molar-refractivity contribution in [2.24, 2.45) is 0 Å². The number of oxazole rings is 1. The molecule has 1 atom stereocenters. The van der Waals surface area contributed by atoms with Gasteiger partial charge in [0.1, 0.15) is 23.3 Å². The zero-order valence-electron chi connectivity index (χ0n) is 17.6. The van der Waals surface area contributed by atoms with Gasteiger partial charge in [-0.05, 0) is 43.6 Å². The van der Waals surface area contributed by atoms with E-state index in [2.05, 4.69) is 30.7 Å². The number of halogens is 1. The molecule has 0 spiro atoms. The molecule has 2 aliphatic heterocycles. The molecule has 0 N–H and O–H groups in total. The van der Waals surface area contributed by atoms with E-state index < -0.39 is 0 Å². The van der Waals surface area contributed by atoms with Gasteiger partial charge in [-0.3, -0.25) is 9.69 Å². The zero-order valence-corrected chi connectivity index (χ0v) is 17.6. The Morgan fingerprint density at radius 1 is 1.10 bits per heavy atom. The van der Waals surface area contributed by atoms with Crippen molar-refractivity contribution in [3.8, 4) is 0 Å². The van der Waals surface area contributed by atoms with Crippen LogP contribution < -0.4 is 0 Å². The molecule has 1 amide bonds. The van der Waals surface area contributed by atoms with Crippen molar-refractivity contribution >= 4 is 5.91 Å². The first kappa shape index (κ1) is 20.1. The summed E-state index contributed by atoms with van der Waals surface area (Å²) in [7, 11) is 0. The van der Waals surface area contributed by atoms with Crippen LogP contribution in [0.1, 0.15) is 69.0 Å². The van der Waals surface area contributed by atoms with Crippen LogP contribution in [-0.2, 0) is 23.2 Å². The minimum absolute atomic E-state index is 0.0736. The second kappa shape index (κ2) is 7.90. The van der Waals surface area contributed by atoms with E-state index in [1.165, 1.54) is 18.6 Å². The summed E-state index contributed by atoms with van der Waals surface area (Å²) in [5.41, 5.74) is 1.57. The number of amides is 1. The van der Waals surface area contributed by atoms with Crippen molar-refractivity contribution < 1.29 is 13.6 Å². The molecule has 0 aliphatic carbocycles. The van der Waals surface area contributed by atoms with E-state index in [0.29, 0.717) is 19.5 Å². The molecule has 0 radical (unpaired) electrons. The van der Waals surface area contributed by atoms with Gasteiger partial charge >= 0.3 is 0 Å². The fourth-order valence-corrected chi connectivity index (χ4v) is 4.21. The zero-order chi connectivity index (χ0) is 20.6. The van der Waals surface area contributed by atoms with E-state index in [0.717, 1.165) is 48.8 Å². The third-order valence-corrected chi connectivity index (χ3v) is 5.86. The number of aromatic nitrogens is 1. The summed E-state index contributed by atoms with van der Waals surface area (Å²) in [6.45, 7) is 9.11. The minimum Gasteiger partial charge on any atom is -0.445 e. The number of fused-ring (bicyclic) bond motifs is 1. The largest absolute Gasteiger partial charge is 0.445 e. The van der Waals surface area contributed by atoms with Gasteiger partial charge in [-0.2, -0.15) is 0 Å². The standard InChI is InChI=1S/C23H30FN3O2/c1-23(2,3)22-25-18-15-27(14-11-19(18)29-22)21(28)20(26-12-5-4-6-13-26)16-7-9-17(24)10-8-16/h7-10,20H,4-6,11-15H2,1-3H3. The molecule has 1 fully saturated rings. The van der Waals surface area contributed by atoms with Crippen molar-refractivity contribution in [3.05, 3.63) is 53.0 Å². The van der Waals surface area contributed by atoms with E-state index in [9.17, 15) is 9.18 Å². The Bertz CT molecular complexity index is 863. The lowest BCUT2D eigenvalue weighted by atomic mass is 9.97. The van der Waals surface area contributed by atoms with E-state index in [1.807, 2.05) is 4.90 Å². The van der Waals surface area contributed by atoms with E-state index in [1.54, 1.807) is 12.1 Å². The molecule has 1 saturated heterocycles. The highest BCUT2D eigenvalue weighted by molar-refractivity contribution is 5.83. The van der Waals surface area contributed by atoms with Crippen LogP contribution in [0.15, 0.2) is 28.7 Å². The van der Waals surface area contributed by atoms with Gasteiger partial charge in [-0.15, -0.1) is 0 Å². The number of benzene rings is 1. The smallest absolute Gasteiger partial charge is 0.244 e. The Labute approximate surface area is 171 Å². The number of rotatable bonds is 3. The van der Waals surface area contributed by atoms with Gasteiger partial charge in [-0.25, -0.2) is 9.37 Å². The van der Waals surface area contributed by atoms with Crippen LogP contribution in [-0.4, -0.2) is 40.3 Å². The van der Waals surface area contributed by atoms with Gasteiger partial charge in [0, 0.05) is 18.4 Å². The molecule has 0 saturated carbocycles. The first-order chi connectivity index (χ1) is 13.8. The molecule has 2 aliphatic rings. The predicted molar refractivity (Wildman–Crippen MR) is 109 cm³/mol. The Balaban J connectivity index is 1.59. The van der Waals surface area contributed by atoms with Crippen molar-refractivity contribution in [3.63, 3.8) is 0 Å². The van der Waals surface area contributed by atoms with E-state index in [4.69, 9.17) is 4.42 Å². The number of carbonyl (C=O) groups is 1. The van der Waals surface area contributed by atoms with Crippen LogP contribution in [0.3, 0.4) is 0 Å². The van der Waals surface area contributed by atoms with Gasteiger partial charge in [-0.1, -0.05) is 39.3 Å². The summed E-state index contributed by atoms with van der Waals surface area (Å²) in [6.07, 6.45) is 4.06. The molecule has 5 nitrogen and oxygen atoms in total. The highest BCUT2D eigenvalue weighted by Crippen LogP contribution is 2.31. The molecule has 2 aromatic rings. The van der Waals surface area contributed by atoms with Gasteiger partial charge in [0.15, 0.2) is 5.89 Å². The number of hydrogen-bond donors (Lipinski definition) is 0. The average Bonchev–Trinajstić information content (AvgIpc) is 3.14. The van der Waals surface area contributed by atoms with Crippen LogP contribution in [0.5, 0.6) is 0 Å². The molecule has 0 bridgehead atoms. The van der Waals surface area contributed by atoms with Crippen molar-refractivity contribution in [2.45, 2.75) is 64.5 Å². The van der Waals surface area contributed by atoms with Gasteiger partial charge in [0.25, 0.3) is 0 Å². The lowest BCUT2D eigenvalue weighted by Crippen LogP contribution is -2.46. The van der Waals surface area contributed by atoms with Crippen LogP contribution in [0.2, 0.25) is 0 Å². The summed E-state index contributed by atoms with van der Waals surface area (Å²) in [5, 5.41) is 0. The van der Waals surface area contributed by atoms with Crippen LogP contribution in [0.25, 0.3) is 0 Å². The second-order valence-electron chi connectivity index (χ2n) is 9.20. The Kier molecular flexibility index (Phi) is 5.47. The topological polar surface area (TPSA) is 49.6 Å². The van der Waals surface area contributed by atoms with Gasteiger partial charge < -0.3 is 9.32 Å². The van der Waals surface area contributed by atoms with Crippen LogP contribution >= 0.6 is 0 Å². The Morgan fingerprint density at radius 2 is 1.79 bits per heavy atom. The van der Waals surface area contributed by atoms with Gasteiger partial charge in [0.2, 0.25) is 5.91 Å². The SMILES string of the molecule is CC(C)(C)c1nc2c(o1)CCN(C(=O)C(c1ccc(F)cc1)N1CCCCC1)C2. The fraction of sp³-hybridized carbons (Fsp3) is 0.565. The number of piperidine rings is 1. The van der Waals surface area contributed by atoms with E-state index >= 15 is 0 Å². The molecule has 156 valence electrons. The summed E-state index contributed by atoms with van der Waals surface area (Å²) >= 11 is 0. The maximum absolute atomic E-state index is 13.6. The third-order valence-electron chi connectivity index (χ3n) is 5.86. The lowest BCUT2D eigenvalue weighted by Gasteiger charge is -2.37. The predicted octanol–water partition coefficient (Wildman–Crippen LogP) is 4.22. The molecule has 1 aromatic heterocycles. The molecule has 3 heterocycles. The molecular weight excluding hydrogens is 369 g/mol. The van der Waals surface area contributed by atoms with Gasteiger partial charge in [0.05, 0.1) is 6.54 Å². The summed E-state index contributed by atoms with van der Waals surface area (Å²) in [5.74, 6) is 1.42. The average molecular weight is 400 g/mol. The molecule has 1 aromatic carbocycles. The highest BCUT2D eigenvalue weighted by atomic mass is 19.1. The van der Waals surface area contributed by atoms with Crippen molar-refractivity contribution in [1.29, 1.82) is 0 Å². The van der Waals surface area contributed by atoms with E-state index in [-0.39, 0.29) is 23.2 Å². The number of carbonyl (C=O) groups excluding carboxylic acids is 1. The number of nitrogens with zero attached hydrogens (tertiary/aromatic N) is 3. The normalized spacial score (nSPS) is 19.1. The minimum atomic E-state index is -0.369. The first-order valence-corrected chi connectivity index (χ1v) is 10.6. The highest BCUT2D eigenvalue weighted by Gasteiger charge is 2.35. The quantitative estimate of drug-likeness (QED) is 0.775. The molecule has 4 rings (SSSR count). The van der Waals surface area contributed by atoms with Crippen LogP contribution in [0, 0.1) is 5.82 Å². The van der Waals surface area contributed by atoms with Crippen molar-refractivity contribution in [2.75, 3.05) is 19.6 Å². The fourth-order valence-electron chi connectivity index (χ4n) is 4.21. The maximum atomic E-state index is 13.6. The molecular formula is C23H30FN3O2. The summed E-state index contributed by atoms with van der Waals surface area (Å²) < 4.78 is 19.5. The Morgan fingerprint density at radius 3 is 2.45 bits per heavy atom. The third kappa shape index (κ3) is 4.22. The lowest BCUT2D eigenvalue weighted by molar-refractivity contribution is -0.139. The first-order valence-electron chi connectivity index (χ1n) is 10.6. The van der Waals surface area contributed by atoms with Crippen LogP contribution in [0.4, 0.5) is 4.39 Å². The Hall–Kier alpha value is -2.21. The van der Waals surface area contributed by atoms with Crippen molar-refractivity contribution in [1.82, 2.24) is 14.8 Å². The molecule has 6 heteroatoms. The summed E-state index contributed by atoms with van der Waals surface area (Å²) in [6, 6.07) is 6.01. The summed E-state index contributed by atoms with van der Waals surface area (Å²) in [4.78, 5) is 22.5. The second-order valence-corrected chi connectivity index (χ2v) is 9.20. The monoisotopic (exact) mass is 399 g/mol. The number of hydrogen-bond acceptors (Lipinski definition) is 4. The maximum Gasteiger partial charge on any atom is 0.244 e. The molecule has 1 unspecified atom stereocenters.